The van der Waals surface area contributed by atoms with Crippen LogP contribution >= 0.6 is 22.6 Å². The molecule has 1 heterocycles. The van der Waals surface area contributed by atoms with E-state index in [4.69, 9.17) is 5.11 Å². The number of hydrogen-bond donors (Lipinski definition) is 2. The first kappa shape index (κ1) is 16.4. The van der Waals surface area contributed by atoms with Crippen LogP contribution in [0.4, 0.5) is 15.8 Å². The molecule has 0 saturated heterocycles. The molecule has 0 atom stereocenters. The molecule has 6 heteroatoms. The molecular weight excluding hydrogens is 422 g/mol. The Morgan fingerprint density at radius 3 is 2.71 bits per heavy atom. The van der Waals surface area contributed by atoms with Gasteiger partial charge in [-0.2, -0.15) is 0 Å². The van der Waals surface area contributed by atoms with Crippen LogP contribution in [0.5, 0.6) is 0 Å². The highest BCUT2D eigenvalue weighted by Crippen LogP contribution is 2.26. The van der Waals surface area contributed by atoms with Crippen LogP contribution in [0, 0.1) is 9.39 Å². The van der Waals surface area contributed by atoms with Crippen molar-refractivity contribution in [3.8, 4) is 11.3 Å². The van der Waals surface area contributed by atoms with Gasteiger partial charge in [-0.05, 0) is 65.1 Å². The van der Waals surface area contributed by atoms with Crippen molar-refractivity contribution in [3.05, 3.63) is 75.7 Å². The largest absolute Gasteiger partial charge is 0.478 e. The zero-order chi connectivity index (χ0) is 17.1. The number of carboxylic acid groups (broad SMARTS) is 1. The number of halogens is 2. The van der Waals surface area contributed by atoms with Crippen molar-refractivity contribution in [2.75, 3.05) is 5.32 Å². The fraction of sp³-hybridized carbons (Fsp3) is 0. The third kappa shape index (κ3) is 3.70. The molecule has 1 aromatic heterocycles. The van der Waals surface area contributed by atoms with Crippen LogP contribution in [0.15, 0.2) is 60.8 Å². The van der Waals surface area contributed by atoms with Gasteiger partial charge in [0.1, 0.15) is 5.82 Å². The van der Waals surface area contributed by atoms with Gasteiger partial charge in [0.25, 0.3) is 0 Å². The smallest absolute Gasteiger partial charge is 0.335 e. The fourth-order valence-electron chi connectivity index (χ4n) is 2.22. The van der Waals surface area contributed by atoms with E-state index in [1.165, 1.54) is 24.4 Å². The van der Waals surface area contributed by atoms with Gasteiger partial charge >= 0.3 is 5.97 Å². The summed E-state index contributed by atoms with van der Waals surface area (Å²) in [6, 6.07) is 15.1. The van der Waals surface area contributed by atoms with Crippen molar-refractivity contribution < 1.29 is 14.3 Å². The Morgan fingerprint density at radius 1 is 1.12 bits per heavy atom. The molecule has 4 nitrogen and oxygen atoms in total. The molecule has 0 aliphatic rings. The molecule has 2 N–H and O–H groups in total. The second kappa shape index (κ2) is 6.96. The third-order valence-corrected chi connectivity index (χ3v) is 4.05. The standard InChI is InChI=1S/C18H12FIN2O2/c19-15-10-13(20)4-5-16(15)22-14-3-1-2-11(8-14)17-9-12(18(23)24)6-7-21-17/h1-10,22H,(H,23,24). The molecule has 0 bridgehead atoms. The average molecular weight is 434 g/mol. The summed E-state index contributed by atoms with van der Waals surface area (Å²) in [4.78, 5) is 15.3. The highest BCUT2D eigenvalue weighted by molar-refractivity contribution is 14.1. The molecule has 0 spiro atoms. The summed E-state index contributed by atoms with van der Waals surface area (Å²) < 4.78 is 14.8. The van der Waals surface area contributed by atoms with E-state index < -0.39 is 5.97 Å². The molecule has 24 heavy (non-hydrogen) atoms. The van der Waals surface area contributed by atoms with Gasteiger partial charge in [-0.25, -0.2) is 9.18 Å². The van der Waals surface area contributed by atoms with E-state index in [2.05, 4.69) is 32.9 Å². The van der Waals surface area contributed by atoms with Crippen molar-refractivity contribution in [1.82, 2.24) is 4.98 Å². The van der Waals surface area contributed by atoms with Crippen LogP contribution in [0.25, 0.3) is 11.3 Å². The number of nitrogens with one attached hydrogen (secondary N) is 1. The van der Waals surface area contributed by atoms with Crippen molar-refractivity contribution in [2.45, 2.75) is 0 Å². The number of aromatic nitrogens is 1. The summed E-state index contributed by atoms with van der Waals surface area (Å²) in [5.41, 5.74) is 2.52. The van der Waals surface area contributed by atoms with Gasteiger partial charge in [-0.3, -0.25) is 4.98 Å². The van der Waals surface area contributed by atoms with Crippen molar-refractivity contribution in [2.24, 2.45) is 0 Å². The molecule has 0 unspecified atom stereocenters. The van der Waals surface area contributed by atoms with Crippen LogP contribution in [0.3, 0.4) is 0 Å². The number of nitrogens with zero attached hydrogens (tertiary/aromatic N) is 1. The van der Waals surface area contributed by atoms with Gasteiger partial charge in [0.2, 0.25) is 0 Å². The minimum atomic E-state index is -1.01. The molecule has 0 aliphatic heterocycles. The van der Waals surface area contributed by atoms with E-state index in [9.17, 15) is 9.18 Å². The van der Waals surface area contributed by atoms with Crippen molar-refractivity contribution in [1.29, 1.82) is 0 Å². The summed E-state index contributed by atoms with van der Waals surface area (Å²) in [6.45, 7) is 0. The molecule has 0 amide bonds. The molecule has 0 aliphatic carbocycles. The van der Waals surface area contributed by atoms with Gasteiger partial charge in [0.05, 0.1) is 16.9 Å². The lowest BCUT2D eigenvalue weighted by Gasteiger charge is -2.10. The van der Waals surface area contributed by atoms with Crippen LogP contribution in [0.2, 0.25) is 0 Å². The van der Waals surface area contributed by atoms with Crippen LogP contribution < -0.4 is 5.32 Å². The Bertz CT molecular complexity index is 915. The molecule has 3 rings (SSSR count). The zero-order valence-corrected chi connectivity index (χ0v) is 14.5. The lowest BCUT2D eigenvalue weighted by atomic mass is 10.1. The maximum absolute atomic E-state index is 14.0. The van der Waals surface area contributed by atoms with E-state index in [0.29, 0.717) is 17.1 Å². The first-order valence-corrected chi connectivity index (χ1v) is 8.13. The molecule has 120 valence electrons. The van der Waals surface area contributed by atoms with Gasteiger partial charge in [0.15, 0.2) is 0 Å². The molecule has 0 fully saturated rings. The fourth-order valence-corrected chi connectivity index (χ4v) is 2.68. The third-order valence-electron chi connectivity index (χ3n) is 3.38. The maximum atomic E-state index is 14.0. The normalized spacial score (nSPS) is 10.4. The van der Waals surface area contributed by atoms with E-state index in [-0.39, 0.29) is 11.4 Å². The van der Waals surface area contributed by atoms with Gasteiger partial charge in [0, 0.05) is 21.0 Å². The first-order valence-electron chi connectivity index (χ1n) is 7.05. The number of rotatable bonds is 4. The van der Waals surface area contributed by atoms with Gasteiger partial charge < -0.3 is 10.4 Å². The zero-order valence-electron chi connectivity index (χ0n) is 12.3. The second-order valence-electron chi connectivity index (χ2n) is 5.06. The highest BCUT2D eigenvalue weighted by atomic mass is 127. The SMILES string of the molecule is O=C(O)c1ccnc(-c2cccc(Nc3ccc(I)cc3F)c2)c1. The van der Waals surface area contributed by atoms with E-state index in [1.54, 1.807) is 18.2 Å². The maximum Gasteiger partial charge on any atom is 0.335 e. The van der Waals surface area contributed by atoms with Crippen LogP contribution in [0.1, 0.15) is 10.4 Å². The minimum absolute atomic E-state index is 0.169. The monoisotopic (exact) mass is 434 g/mol. The quantitative estimate of drug-likeness (QED) is 0.572. The first-order chi connectivity index (χ1) is 11.5. The molecule has 0 saturated carbocycles. The number of anilines is 2. The summed E-state index contributed by atoms with van der Waals surface area (Å²) in [7, 11) is 0. The predicted molar refractivity (Wildman–Crippen MR) is 99.0 cm³/mol. The Labute approximate surface area is 151 Å². The molecule has 0 radical (unpaired) electrons. The van der Waals surface area contributed by atoms with E-state index in [1.807, 2.05) is 18.2 Å². The van der Waals surface area contributed by atoms with Crippen LogP contribution in [-0.4, -0.2) is 16.1 Å². The van der Waals surface area contributed by atoms with Crippen molar-refractivity contribution >= 4 is 39.9 Å². The topological polar surface area (TPSA) is 62.2 Å². The van der Waals surface area contributed by atoms with E-state index >= 15 is 0 Å². The number of hydrogen-bond acceptors (Lipinski definition) is 3. The summed E-state index contributed by atoms with van der Waals surface area (Å²) >= 11 is 2.05. The number of pyridine rings is 1. The van der Waals surface area contributed by atoms with E-state index in [0.717, 1.165) is 9.13 Å². The number of aromatic carboxylic acids is 1. The number of carboxylic acids is 1. The number of benzene rings is 2. The Morgan fingerprint density at radius 2 is 1.96 bits per heavy atom. The number of carbonyl (C=O) groups is 1. The molecule has 3 aromatic rings. The minimum Gasteiger partial charge on any atom is -0.478 e. The predicted octanol–water partition coefficient (Wildman–Crippen LogP) is 4.93. The summed E-state index contributed by atoms with van der Waals surface area (Å²) in [5, 5.41) is 12.1. The van der Waals surface area contributed by atoms with Gasteiger partial charge in [-0.15, -0.1) is 0 Å². The average Bonchev–Trinajstić information content (AvgIpc) is 2.58. The summed E-state index contributed by atoms with van der Waals surface area (Å²) in [6.07, 6.45) is 1.46. The van der Waals surface area contributed by atoms with Gasteiger partial charge in [-0.1, -0.05) is 12.1 Å². The highest BCUT2D eigenvalue weighted by Gasteiger charge is 2.08. The Hall–Kier alpha value is -2.48. The van der Waals surface area contributed by atoms with Crippen LogP contribution in [-0.2, 0) is 0 Å². The molecular formula is C18H12FIN2O2. The lowest BCUT2D eigenvalue weighted by molar-refractivity contribution is 0.0697. The Kier molecular flexibility index (Phi) is 4.75. The Balaban J connectivity index is 1.92. The molecule has 2 aromatic carbocycles. The van der Waals surface area contributed by atoms with Crippen molar-refractivity contribution in [3.63, 3.8) is 0 Å². The summed E-state index contributed by atoms with van der Waals surface area (Å²) in [5.74, 6) is -1.34. The lowest BCUT2D eigenvalue weighted by Crippen LogP contribution is -1.98. The second-order valence-corrected chi connectivity index (χ2v) is 6.31.